The van der Waals surface area contributed by atoms with Gasteiger partial charge < -0.3 is 0 Å². The van der Waals surface area contributed by atoms with E-state index in [-0.39, 0.29) is 0 Å². The summed E-state index contributed by atoms with van der Waals surface area (Å²) in [5, 5.41) is 11.8. The molecule has 4 nitrogen and oxygen atoms in total. The van der Waals surface area contributed by atoms with Crippen molar-refractivity contribution in [1.29, 1.82) is 5.26 Å². The molecule has 0 spiro atoms. The molecule has 200 valence electrons. The lowest BCUT2D eigenvalue weighted by molar-refractivity contribution is 1.11. The zero-order chi connectivity index (χ0) is 28.5. The third kappa shape index (κ3) is 3.45. The standard InChI is InChI=1S/C38H22N4S/c39-23-24-20-21-36-30(22-24)29-14-9-13-28(37(29)43-36)26-11-2-1-10-25(26)27-12-3-5-16-32(27)41-34-18-7-8-19-35(34)42-33-17-6-4-15-31(33)40-38(41)42/h1-22H. The van der Waals surface area contributed by atoms with Crippen LogP contribution in [0.25, 0.3) is 76.0 Å². The van der Waals surface area contributed by atoms with E-state index < -0.39 is 0 Å². The number of para-hydroxylation sites is 5. The fraction of sp³-hybridized carbons (Fsp3) is 0. The summed E-state index contributed by atoms with van der Waals surface area (Å²) in [7, 11) is 0. The number of nitrogens with zero attached hydrogens (tertiary/aromatic N) is 4. The lowest BCUT2D eigenvalue weighted by Crippen LogP contribution is -1.99. The molecular formula is C38H22N4S. The minimum atomic E-state index is 0.684. The molecule has 43 heavy (non-hydrogen) atoms. The van der Waals surface area contributed by atoms with E-state index in [4.69, 9.17) is 4.98 Å². The van der Waals surface area contributed by atoms with Gasteiger partial charge in [-0.1, -0.05) is 84.9 Å². The van der Waals surface area contributed by atoms with Crippen LogP contribution in [0.1, 0.15) is 5.56 Å². The maximum absolute atomic E-state index is 9.52. The van der Waals surface area contributed by atoms with Crippen LogP contribution in [0.15, 0.2) is 133 Å². The van der Waals surface area contributed by atoms with Gasteiger partial charge in [0.05, 0.1) is 39.4 Å². The number of fused-ring (bicyclic) bond motifs is 8. The van der Waals surface area contributed by atoms with E-state index in [1.165, 1.54) is 25.9 Å². The van der Waals surface area contributed by atoms with Crippen LogP contribution >= 0.6 is 11.3 Å². The molecule has 0 aliphatic heterocycles. The SMILES string of the molecule is N#Cc1ccc2sc3c(-c4ccccc4-c4ccccc4-n4c5ccccc5n5c6ccccc6nc45)cccc3c2c1. The predicted octanol–water partition coefficient (Wildman–Crippen LogP) is 10.0. The van der Waals surface area contributed by atoms with Crippen molar-refractivity contribution in [1.82, 2.24) is 14.0 Å². The Kier molecular flexibility index (Phi) is 5.10. The second-order valence-corrected chi connectivity index (χ2v) is 11.8. The van der Waals surface area contributed by atoms with E-state index in [1.807, 2.05) is 18.2 Å². The highest BCUT2D eigenvalue weighted by molar-refractivity contribution is 7.26. The van der Waals surface area contributed by atoms with E-state index in [1.54, 1.807) is 11.3 Å². The normalized spacial score (nSPS) is 11.7. The first kappa shape index (κ1) is 24.0. The molecular weight excluding hydrogens is 545 g/mol. The van der Waals surface area contributed by atoms with Crippen LogP contribution in [0, 0.1) is 11.3 Å². The van der Waals surface area contributed by atoms with Gasteiger partial charge in [-0.2, -0.15) is 5.26 Å². The highest BCUT2D eigenvalue weighted by Gasteiger charge is 2.21. The summed E-state index contributed by atoms with van der Waals surface area (Å²) in [4.78, 5) is 5.13. The number of aromatic nitrogens is 3. The molecule has 0 radical (unpaired) electrons. The Bertz CT molecular complexity index is 2590. The number of imidazole rings is 2. The average molecular weight is 567 g/mol. The summed E-state index contributed by atoms with van der Waals surface area (Å²) in [6.45, 7) is 0. The summed E-state index contributed by atoms with van der Waals surface area (Å²) in [6.07, 6.45) is 0. The van der Waals surface area contributed by atoms with E-state index >= 15 is 0 Å². The van der Waals surface area contributed by atoms with E-state index in [9.17, 15) is 5.26 Å². The molecule has 0 saturated carbocycles. The van der Waals surface area contributed by atoms with Gasteiger partial charge in [0, 0.05) is 31.3 Å². The zero-order valence-electron chi connectivity index (χ0n) is 22.9. The number of hydrogen-bond acceptors (Lipinski definition) is 3. The summed E-state index contributed by atoms with van der Waals surface area (Å²) >= 11 is 1.79. The molecule has 0 atom stereocenters. The summed E-state index contributed by atoms with van der Waals surface area (Å²) in [6, 6.07) is 49.0. The third-order valence-electron chi connectivity index (χ3n) is 8.38. The van der Waals surface area contributed by atoms with Gasteiger partial charge >= 0.3 is 0 Å². The minimum absolute atomic E-state index is 0.684. The second kappa shape index (κ2) is 9.15. The van der Waals surface area contributed by atoms with Crippen molar-refractivity contribution >= 4 is 59.4 Å². The molecule has 5 heteroatoms. The molecule has 0 saturated heterocycles. The number of benzene rings is 6. The zero-order valence-corrected chi connectivity index (χ0v) is 23.7. The summed E-state index contributed by atoms with van der Waals surface area (Å²) in [5.74, 6) is 0.896. The van der Waals surface area contributed by atoms with Crippen LogP contribution in [0.3, 0.4) is 0 Å². The van der Waals surface area contributed by atoms with Crippen molar-refractivity contribution < 1.29 is 0 Å². The Morgan fingerprint density at radius 1 is 0.581 bits per heavy atom. The third-order valence-corrected chi connectivity index (χ3v) is 9.60. The molecule has 0 aliphatic rings. The fourth-order valence-electron chi connectivity index (χ4n) is 6.52. The highest BCUT2D eigenvalue weighted by atomic mass is 32.1. The van der Waals surface area contributed by atoms with Gasteiger partial charge in [0.1, 0.15) is 0 Å². The Hall–Kier alpha value is -5.70. The van der Waals surface area contributed by atoms with Gasteiger partial charge in [-0.05, 0) is 59.7 Å². The molecule has 9 rings (SSSR count). The number of nitriles is 1. The Balaban J connectivity index is 1.33. The van der Waals surface area contributed by atoms with Crippen molar-refractivity contribution in [3.8, 4) is 34.0 Å². The topological polar surface area (TPSA) is 46.0 Å². The molecule has 0 N–H and O–H groups in total. The first-order valence-electron chi connectivity index (χ1n) is 14.2. The Morgan fingerprint density at radius 3 is 2.09 bits per heavy atom. The number of rotatable bonds is 3. The monoisotopic (exact) mass is 566 g/mol. The van der Waals surface area contributed by atoms with Gasteiger partial charge in [0.25, 0.3) is 0 Å². The van der Waals surface area contributed by atoms with E-state index in [0.717, 1.165) is 50.0 Å². The quantitative estimate of drug-likeness (QED) is 0.214. The van der Waals surface area contributed by atoms with Gasteiger partial charge in [-0.25, -0.2) is 4.98 Å². The molecule has 0 unspecified atom stereocenters. The number of hydrogen-bond donors (Lipinski definition) is 0. The molecule has 6 aromatic carbocycles. The highest BCUT2D eigenvalue weighted by Crippen LogP contribution is 2.44. The van der Waals surface area contributed by atoms with Crippen LogP contribution in [0.2, 0.25) is 0 Å². The van der Waals surface area contributed by atoms with Gasteiger partial charge in [0.2, 0.25) is 5.78 Å². The Labute approximate surface area is 250 Å². The van der Waals surface area contributed by atoms with Crippen LogP contribution in [0.5, 0.6) is 0 Å². The number of thiophene rings is 1. The van der Waals surface area contributed by atoms with Crippen molar-refractivity contribution in [2.45, 2.75) is 0 Å². The van der Waals surface area contributed by atoms with Crippen molar-refractivity contribution in [3.63, 3.8) is 0 Å². The lowest BCUT2D eigenvalue weighted by Gasteiger charge is -2.16. The smallest absolute Gasteiger partial charge is 0.220 e. The van der Waals surface area contributed by atoms with E-state index in [2.05, 4.69) is 130 Å². The van der Waals surface area contributed by atoms with Gasteiger partial charge in [-0.15, -0.1) is 11.3 Å². The van der Waals surface area contributed by atoms with E-state index in [0.29, 0.717) is 5.56 Å². The molecule has 9 aromatic rings. The first-order chi connectivity index (χ1) is 21.3. The van der Waals surface area contributed by atoms with Crippen LogP contribution in [0.4, 0.5) is 0 Å². The molecule has 0 amide bonds. The largest absolute Gasteiger partial charge is 0.278 e. The maximum atomic E-state index is 9.52. The molecule has 0 bridgehead atoms. The first-order valence-corrected chi connectivity index (χ1v) is 15.0. The molecule has 0 fully saturated rings. The maximum Gasteiger partial charge on any atom is 0.220 e. The van der Waals surface area contributed by atoms with Crippen molar-refractivity contribution in [2.75, 3.05) is 0 Å². The Morgan fingerprint density at radius 2 is 1.26 bits per heavy atom. The van der Waals surface area contributed by atoms with Crippen molar-refractivity contribution in [3.05, 3.63) is 139 Å². The summed E-state index contributed by atoms with van der Waals surface area (Å²) in [5.41, 5.74) is 10.7. The molecule has 0 aliphatic carbocycles. The average Bonchev–Trinajstić information content (AvgIpc) is 3.73. The van der Waals surface area contributed by atoms with Crippen molar-refractivity contribution in [2.24, 2.45) is 0 Å². The molecule has 3 heterocycles. The van der Waals surface area contributed by atoms with Gasteiger partial charge in [-0.3, -0.25) is 8.97 Å². The van der Waals surface area contributed by atoms with Crippen LogP contribution in [-0.4, -0.2) is 14.0 Å². The molecule has 3 aromatic heterocycles. The minimum Gasteiger partial charge on any atom is -0.278 e. The van der Waals surface area contributed by atoms with Gasteiger partial charge in [0.15, 0.2) is 0 Å². The van der Waals surface area contributed by atoms with Crippen LogP contribution < -0.4 is 0 Å². The lowest BCUT2D eigenvalue weighted by atomic mass is 9.92. The fourth-order valence-corrected chi connectivity index (χ4v) is 7.73. The second-order valence-electron chi connectivity index (χ2n) is 10.7. The predicted molar refractivity (Wildman–Crippen MR) is 178 cm³/mol. The van der Waals surface area contributed by atoms with Crippen LogP contribution in [-0.2, 0) is 0 Å². The summed E-state index contributed by atoms with van der Waals surface area (Å²) < 4.78 is 6.98.